The third-order valence-corrected chi connectivity index (χ3v) is 7.17. The lowest BCUT2D eigenvalue weighted by Gasteiger charge is -2.31. The molecule has 0 saturated heterocycles. The van der Waals surface area contributed by atoms with E-state index in [2.05, 4.69) is 30.6 Å². The lowest BCUT2D eigenvalue weighted by atomic mass is 9.85. The van der Waals surface area contributed by atoms with Crippen molar-refractivity contribution in [2.24, 2.45) is 0 Å². The molecular weight excluding hydrogens is 463 g/mol. The lowest BCUT2D eigenvalue weighted by molar-refractivity contribution is -0.0361. The van der Waals surface area contributed by atoms with Crippen molar-refractivity contribution >= 4 is 23.2 Å². The predicted octanol–water partition coefficient (Wildman–Crippen LogP) is 6.18. The molecule has 0 aliphatic heterocycles. The minimum absolute atomic E-state index is 0.0451. The van der Waals surface area contributed by atoms with Crippen molar-refractivity contribution < 1.29 is 22.0 Å². The van der Waals surface area contributed by atoms with Crippen LogP contribution in [0.4, 0.5) is 33.8 Å². The minimum Gasteiger partial charge on any atom is -0.351 e. The zero-order valence-corrected chi connectivity index (χ0v) is 19.3. The van der Waals surface area contributed by atoms with Crippen LogP contribution in [0.25, 0.3) is 11.5 Å². The van der Waals surface area contributed by atoms with Gasteiger partial charge in [0, 0.05) is 37.2 Å². The zero-order chi connectivity index (χ0) is 23.9. The Bertz CT molecular complexity index is 908. The van der Waals surface area contributed by atoms with Crippen LogP contribution in [-0.2, 0) is 5.92 Å². The molecule has 12 heteroatoms. The highest BCUT2D eigenvalue weighted by Crippen LogP contribution is 2.36. The van der Waals surface area contributed by atoms with Crippen molar-refractivity contribution in [1.82, 2.24) is 19.9 Å². The molecule has 0 unspecified atom stereocenters. The smallest absolute Gasteiger partial charge is 0.296 e. The van der Waals surface area contributed by atoms with E-state index < -0.39 is 17.5 Å². The fourth-order valence-electron chi connectivity index (χ4n) is 4.11. The molecule has 2 saturated carbocycles. The van der Waals surface area contributed by atoms with Crippen LogP contribution in [-0.4, -0.2) is 43.6 Å². The minimum atomic E-state index is -3.09. The Labute approximate surface area is 192 Å². The van der Waals surface area contributed by atoms with E-state index in [9.17, 15) is 22.0 Å². The van der Waals surface area contributed by atoms with Crippen LogP contribution in [0.5, 0.6) is 0 Å². The van der Waals surface area contributed by atoms with Gasteiger partial charge in [0.15, 0.2) is 10.8 Å². The fourth-order valence-corrected chi connectivity index (χ4v) is 4.85. The third-order valence-electron chi connectivity index (χ3n) is 6.16. The van der Waals surface area contributed by atoms with Crippen molar-refractivity contribution in [3.8, 4) is 11.5 Å². The van der Waals surface area contributed by atoms with Crippen LogP contribution in [0.1, 0.15) is 70.2 Å². The number of nitrogens with zero attached hydrogens (tertiary/aromatic N) is 4. The Hall–Kier alpha value is -2.11. The number of hydrogen-bond acceptors (Lipinski definition) is 7. The summed E-state index contributed by atoms with van der Waals surface area (Å²) in [5.41, 5.74) is -1.01. The van der Waals surface area contributed by atoms with Crippen LogP contribution < -0.4 is 10.6 Å². The Morgan fingerprint density at radius 1 is 0.879 bits per heavy atom. The van der Waals surface area contributed by atoms with E-state index in [1.165, 1.54) is 5.38 Å². The summed E-state index contributed by atoms with van der Waals surface area (Å²) >= 11 is 0.807. The molecule has 33 heavy (non-hydrogen) atoms. The normalized spacial score (nSPS) is 26.2. The van der Waals surface area contributed by atoms with Crippen LogP contribution in [0.15, 0.2) is 5.38 Å². The average Bonchev–Trinajstić information content (AvgIpc) is 3.22. The summed E-state index contributed by atoms with van der Waals surface area (Å²) in [7, 11) is 0. The Kier molecular flexibility index (Phi) is 6.49. The molecule has 0 atom stereocenters. The highest BCUT2D eigenvalue weighted by atomic mass is 32.1. The van der Waals surface area contributed by atoms with Gasteiger partial charge in [-0.1, -0.05) is 0 Å². The van der Waals surface area contributed by atoms with E-state index in [1.807, 2.05) is 0 Å². The number of thiazole rings is 1. The first kappa shape index (κ1) is 24.0. The van der Waals surface area contributed by atoms with Crippen LogP contribution in [0.3, 0.4) is 0 Å². The molecule has 2 aromatic heterocycles. The van der Waals surface area contributed by atoms with Crippen molar-refractivity contribution in [2.45, 2.75) is 94.8 Å². The van der Waals surface area contributed by atoms with Crippen LogP contribution in [0.2, 0.25) is 0 Å². The van der Waals surface area contributed by atoms with E-state index in [0.717, 1.165) is 18.3 Å². The third kappa shape index (κ3) is 6.27. The highest BCUT2D eigenvalue weighted by Gasteiger charge is 2.35. The average molecular weight is 491 g/mol. The fraction of sp³-hybridized carbons (Fsp3) is 0.714. The largest absolute Gasteiger partial charge is 0.351 e. The molecule has 2 aliphatic carbocycles. The van der Waals surface area contributed by atoms with Gasteiger partial charge in [-0.3, -0.25) is 0 Å². The van der Waals surface area contributed by atoms with E-state index >= 15 is 0 Å². The summed E-state index contributed by atoms with van der Waals surface area (Å²) in [5, 5.41) is 7.38. The lowest BCUT2D eigenvalue weighted by Crippen LogP contribution is -2.34. The first-order valence-corrected chi connectivity index (χ1v) is 12.0. The van der Waals surface area contributed by atoms with Crippen molar-refractivity contribution in [1.29, 1.82) is 0 Å². The maximum absolute atomic E-state index is 14.1. The van der Waals surface area contributed by atoms with E-state index in [0.29, 0.717) is 25.7 Å². The summed E-state index contributed by atoms with van der Waals surface area (Å²) < 4.78 is 68.5. The topological polar surface area (TPSA) is 75.6 Å². The van der Waals surface area contributed by atoms with Gasteiger partial charge in [0.1, 0.15) is 11.4 Å². The van der Waals surface area contributed by atoms with Gasteiger partial charge in [-0.15, -0.1) is 11.3 Å². The Morgan fingerprint density at radius 2 is 1.39 bits per heavy atom. The molecule has 6 nitrogen and oxygen atoms in total. The zero-order valence-electron chi connectivity index (χ0n) is 18.5. The maximum atomic E-state index is 14.1. The molecule has 0 amide bonds. The molecule has 0 bridgehead atoms. The molecule has 2 aliphatic rings. The number of nitrogens with one attached hydrogen (secondary N) is 2. The Morgan fingerprint density at radius 3 is 1.88 bits per heavy atom. The van der Waals surface area contributed by atoms with E-state index in [1.54, 1.807) is 6.92 Å². The van der Waals surface area contributed by atoms with Crippen LogP contribution in [0, 0.1) is 0 Å². The second-order valence-electron chi connectivity index (χ2n) is 9.34. The molecular formula is C21H27F5N6S. The summed E-state index contributed by atoms with van der Waals surface area (Å²) in [4.78, 5) is 17.0. The van der Waals surface area contributed by atoms with Gasteiger partial charge >= 0.3 is 0 Å². The molecule has 2 fully saturated rings. The standard InChI is InChI=1S/C21H27F5N6S/c1-19(22)7-3-12(4-8-19)27-17-30-15(14-11-33-16(29-14)20(2,23)24)31-18(32-17)28-13-5-9-21(25,26)10-6-13/h11-13H,3-10H2,1-2H3,(H2,27,28,30,31,32). The molecule has 2 aromatic rings. The number of aromatic nitrogens is 4. The molecule has 2 N–H and O–H groups in total. The molecule has 0 aromatic carbocycles. The summed E-state index contributed by atoms with van der Waals surface area (Å²) in [5.74, 6) is -5.26. The first-order valence-electron chi connectivity index (χ1n) is 11.1. The number of rotatable bonds is 6. The Balaban J connectivity index is 1.57. The number of alkyl halides is 5. The van der Waals surface area contributed by atoms with Crippen molar-refractivity contribution in [3.63, 3.8) is 0 Å². The van der Waals surface area contributed by atoms with Crippen molar-refractivity contribution in [2.75, 3.05) is 10.6 Å². The first-order chi connectivity index (χ1) is 15.4. The molecule has 2 heterocycles. The summed E-state index contributed by atoms with van der Waals surface area (Å²) in [6.07, 6.45) is 2.08. The summed E-state index contributed by atoms with van der Waals surface area (Å²) in [6.45, 7) is 2.35. The van der Waals surface area contributed by atoms with E-state index in [-0.39, 0.29) is 66.2 Å². The van der Waals surface area contributed by atoms with Gasteiger partial charge in [-0.2, -0.15) is 23.7 Å². The molecule has 0 radical (unpaired) electrons. The van der Waals surface area contributed by atoms with Gasteiger partial charge < -0.3 is 10.6 Å². The molecule has 4 rings (SSSR count). The van der Waals surface area contributed by atoms with Crippen molar-refractivity contribution in [3.05, 3.63) is 10.4 Å². The summed E-state index contributed by atoms with van der Waals surface area (Å²) in [6, 6.07) is -0.281. The van der Waals surface area contributed by atoms with Gasteiger partial charge in [-0.05, 0) is 45.4 Å². The van der Waals surface area contributed by atoms with Gasteiger partial charge in [-0.25, -0.2) is 18.2 Å². The SMILES string of the molecule is CC1(F)CCC(Nc2nc(NC3CCC(F)(F)CC3)nc(-c3csc(C(C)(F)F)n3)n2)CC1. The van der Waals surface area contributed by atoms with Gasteiger partial charge in [0.2, 0.25) is 17.8 Å². The number of anilines is 2. The number of halogens is 5. The second-order valence-corrected chi connectivity index (χ2v) is 10.2. The predicted molar refractivity (Wildman–Crippen MR) is 117 cm³/mol. The number of hydrogen-bond donors (Lipinski definition) is 2. The molecule has 182 valence electrons. The van der Waals surface area contributed by atoms with E-state index in [4.69, 9.17) is 0 Å². The maximum Gasteiger partial charge on any atom is 0.296 e. The monoisotopic (exact) mass is 490 g/mol. The van der Waals surface area contributed by atoms with Gasteiger partial charge in [0.05, 0.1) is 0 Å². The quantitative estimate of drug-likeness (QED) is 0.471. The van der Waals surface area contributed by atoms with Crippen LogP contribution >= 0.6 is 11.3 Å². The van der Waals surface area contributed by atoms with Gasteiger partial charge in [0.25, 0.3) is 5.92 Å². The molecule has 0 spiro atoms. The second kappa shape index (κ2) is 8.92. The highest BCUT2D eigenvalue weighted by molar-refractivity contribution is 7.10.